The predicted molar refractivity (Wildman–Crippen MR) is 88.5 cm³/mol. The Labute approximate surface area is 142 Å². The molecule has 1 amide bonds. The minimum Gasteiger partial charge on any atom is -0.440 e. The highest BCUT2D eigenvalue weighted by atomic mass is 16.6. The fourth-order valence-corrected chi connectivity index (χ4v) is 3.25. The van der Waals surface area contributed by atoms with Crippen LogP contribution in [0.5, 0.6) is 0 Å². The van der Waals surface area contributed by atoms with Gasteiger partial charge in [0.25, 0.3) is 11.6 Å². The van der Waals surface area contributed by atoms with Gasteiger partial charge in [-0.2, -0.15) is 0 Å². The number of carbonyl (C=O) groups excluding carboxylic acids is 2. The summed E-state index contributed by atoms with van der Waals surface area (Å²) in [5.74, 6) is -1.01. The molecule has 0 saturated carbocycles. The normalized spacial score (nSPS) is 21.4. The maximum Gasteiger partial charge on any atom is 0.332 e. The Morgan fingerprint density at radius 2 is 1.80 bits per heavy atom. The van der Waals surface area contributed by atoms with E-state index in [0.717, 1.165) is 0 Å². The zero-order chi connectivity index (χ0) is 17.6. The van der Waals surface area contributed by atoms with Crippen molar-refractivity contribution >= 4 is 28.8 Å². The average molecular weight is 336 g/mol. The molecule has 0 bridgehead atoms. The van der Waals surface area contributed by atoms with Gasteiger partial charge >= 0.3 is 5.97 Å². The van der Waals surface area contributed by atoms with E-state index in [9.17, 15) is 19.7 Å². The van der Waals surface area contributed by atoms with Crippen LogP contribution in [0.15, 0.2) is 54.6 Å². The minimum atomic E-state index is -1.40. The van der Waals surface area contributed by atoms with Crippen molar-refractivity contribution < 1.29 is 19.2 Å². The summed E-state index contributed by atoms with van der Waals surface area (Å²) in [6.45, 7) is 0. The first-order chi connectivity index (χ1) is 12.0. The summed E-state index contributed by atoms with van der Waals surface area (Å²) in [5.41, 5.74) is 1.02. The van der Waals surface area contributed by atoms with Crippen LogP contribution < -0.4 is 5.32 Å². The molecule has 2 aromatic rings. The van der Waals surface area contributed by atoms with Gasteiger partial charge in [0.15, 0.2) is 0 Å². The number of hydrogen-bond acceptors (Lipinski definition) is 5. The van der Waals surface area contributed by atoms with Crippen LogP contribution >= 0.6 is 0 Å². The second kappa shape index (κ2) is 5.27. The molecule has 0 radical (unpaired) electrons. The second-order valence-electron chi connectivity index (χ2n) is 5.90. The van der Waals surface area contributed by atoms with E-state index in [1.165, 1.54) is 18.2 Å². The summed E-state index contributed by atoms with van der Waals surface area (Å²) >= 11 is 0. The van der Waals surface area contributed by atoms with Gasteiger partial charge in [-0.05, 0) is 29.3 Å². The lowest BCUT2D eigenvalue weighted by Gasteiger charge is -2.31. The molecule has 7 nitrogen and oxygen atoms in total. The lowest BCUT2D eigenvalue weighted by atomic mass is 9.84. The van der Waals surface area contributed by atoms with Crippen molar-refractivity contribution in [3.05, 3.63) is 75.8 Å². The zero-order valence-corrected chi connectivity index (χ0v) is 12.9. The molecule has 2 aromatic carbocycles. The van der Waals surface area contributed by atoms with Crippen molar-refractivity contribution in [3.8, 4) is 0 Å². The highest BCUT2D eigenvalue weighted by Gasteiger charge is 2.52. The zero-order valence-electron chi connectivity index (χ0n) is 12.9. The highest BCUT2D eigenvalue weighted by molar-refractivity contribution is 6.09. The summed E-state index contributed by atoms with van der Waals surface area (Å²) in [4.78, 5) is 35.0. The fourth-order valence-electron chi connectivity index (χ4n) is 3.25. The Kier molecular flexibility index (Phi) is 3.18. The summed E-state index contributed by atoms with van der Waals surface area (Å²) in [6, 6.07) is 12.9. The van der Waals surface area contributed by atoms with Crippen LogP contribution in [0.25, 0.3) is 5.57 Å². The number of hydrogen-bond donors (Lipinski definition) is 1. The highest BCUT2D eigenvalue weighted by Crippen LogP contribution is 2.46. The molecule has 7 heteroatoms. The maximum atomic E-state index is 12.6. The smallest absolute Gasteiger partial charge is 0.332 e. The van der Waals surface area contributed by atoms with Crippen molar-refractivity contribution in [1.82, 2.24) is 0 Å². The maximum absolute atomic E-state index is 12.6. The van der Waals surface area contributed by atoms with Gasteiger partial charge < -0.3 is 10.1 Å². The van der Waals surface area contributed by atoms with Crippen LogP contribution in [0.1, 0.15) is 17.5 Å². The topological polar surface area (TPSA) is 98.5 Å². The summed E-state index contributed by atoms with van der Waals surface area (Å²) < 4.78 is 5.45. The summed E-state index contributed by atoms with van der Waals surface area (Å²) in [6.07, 6.45) is 1.49. The molecule has 0 saturated heterocycles. The summed E-state index contributed by atoms with van der Waals surface area (Å²) in [7, 11) is 0. The molecular weight excluding hydrogens is 324 g/mol. The largest absolute Gasteiger partial charge is 0.440 e. The molecular formula is C18H12N2O5. The monoisotopic (exact) mass is 336 g/mol. The molecule has 2 aliphatic rings. The third kappa shape index (κ3) is 2.28. The molecule has 0 aromatic heterocycles. The first kappa shape index (κ1) is 15.1. The van der Waals surface area contributed by atoms with Crippen LogP contribution in [0, 0.1) is 10.1 Å². The Morgan fingerprint density at radius 3 is 2.52 bits per heavy atom. The van der Waals surface area contributed by atoms with E-state index in [-0.39, 0.29) is 12.1 Å². The van der Waals surface area contributed by atoms with Crippen molar-refractivity contribution in [2.24, 2.45) is 0 Å². The molecule has 2 heterocycles. The van der Waals surface area contributed by atoms with Crippen LogP contribution in [-0.2, 0) is 19.9 Å². The number of ether oxygens (including phenoxy) is 1. The third-order valence-corrected chi connectivity index (χ3v) is 4.43. The number of nitro groups is 1. The third-order valence-electron chi connectivity index (χ3n) is 4.43. The molecule has 1 atom stereocenters. The number of rotatable bonds is 2. The van der Waals surface area contributed by atoms with Crippen LogP contribution in [-0.4, -0.2) is 16.8 Å². The van der Waals surface area contributed by atoms with Crippen LogP contribution in [0.4, 0.5) is 11.4 Å². The molecule has 25 heavy (non-hydrogen) atoms. The second-order valence-corrected chi connectivity index (χ2v) is 5.90. The number of nitrogens with one attached hydrogen (secondary N) is 1. The first-order valence-electron chi connectivity index (χ1n) is 7.59. The van der Waals surface area contributed by atoms with Gasteiger partial charge in [-0.15, -0.1) is 0 Å². The molecule has 1 N–H and O–H groups in total. The van der Waals surface area contributed by atoms with E-state index in [1.54, 1.807) is 36.4 Å². The number of non-ortho nitro benzene ring substituents is 1. The molecule has 124 valence electrons. The van der Waals surface area contributed by atoms with Gasteiger partial charge in [0.2, 0.25) is 5.60 Å². The number of anilines is 1. The molecule has 4 rings (SSSR count). The van der Waals surface area contributed by atoms with Gasteiger partial charge in [-0.25, -0.2) is 4.79 Å². The van der Waals surface area contributed by atoms with E-state index in [2.05, 4.69) is 5.32 Å². The lowest BCUT2D eigenvalue weighted by molar-refractivity contribution is -0.384. The van der Waals surface area contributed by atoms with Crippen molar-refractivity contribution in [2.75, 3.05) is 5.32 Å². The standard InChI is InChI=1S/C18H12N2O5/c21-16-9-12(11-5-7-13(8-6-11)20(23)24)10-18(25-16)14-3-1-2-4-15(14)19-17(18)22/h1-9H,10H2,(H,19,22). The SMILES string of the molecule is O=C1C=C(c2ccc([N+](=O)[O-])cc2)CC2(O1)C(=O)Nc1ccccc12. The average Bonchev–Trinajstić information content (AvgIpc) is 2.86. The first-order valence-corrected chi connectivity index (χ1v) is 7.59. The van der Waals surface area contributed by atoms with Gasteiger partial charge in [-0.1, -0.05) is 18.2 Å². The number of nitro benzene ring substituents is 1. The molecule has 0 aliphatic carbocycles. The lowest BCUT2D eigenvalue weighted by Crippen LogP contribution is -2.41. The number of fused-ring (bicyclic) bond motifs is 2. The van der Waals surface area contributed by atoms with E-state index in [0.29, 0.717) is 22.4 Å². The van der Waals surface area contributed by atoms with E-state index in [4.69, 9.17) is 4.74 Å². The van der Waals surface area contributed by atoms with Crippen molar-refractivity contribution in [1.29, 1.82) is 0 Å². The fraction of sp³-hybridized carbons (Fsp3) is 0.111. The van der Waals surface area contributed by atoms with Gasteiger partial charge in [0, 0.05) is 35.9 Å². The Morgan fingerprint density at radius 1 is 1.08 bits per heavy atom. The Hall–Kier alpha value is -3.48. The van der Waals surface area contributed by atoms with E-state index >= 15 is 0 Å². The van der Waals surface area contributed by atoms with Gasteiger partial charge in [-0.3, -0.25) is 14.9 Å². The van der Waals surface area contributed by atoms with E-state index in [1.807, 2.05) is 0 Å². The van der Waals surface area contributed by atoms with Crippen molar-refractivity contribution in [3.63, 3.8) is 0 Å². The predicted octanol–water partition coefficient (Wildman–Crippen LogP) is 2.77. The molecule has 1 unspecified atom stereocenters. The number of para-hydroxylation sites is 1. The number of amides is 1. The van der Waals surface area contributed by atoms with Crippen LogP contribution in [0.3, 0.4) is 0 Å². The van der Waals surface area contributed by atoms with Crippen molar-refractivity contribution in [2.45, 2.75) is 12.0 Å². The number of benzene rings is 2. The molecule has 1 spiro atoms. The molecule has 2 aliphatic heterocycles. The Bertz CT molecular complexity index is 948. The van der Waals surface area contributed by atoms with Crippen LogP contribution in [0.2, 0.25) is 0 Å². The van der Waals surface area contributed by atoms with E-state index < -0.39 is 22.4 Å². The number of carbonyl (C=O) groups is 2. The van der Waals surface area contributed by atoms with Gasteiger partial charge in [0.05, 0.1) is 4.92 Å². The summed E-state index contributed by atoms with van der Waals surface area (Å²) in [5, 5.41) is 13.5. The number of esters is 1. The quantitative estimate of drug-likeness (QED) is 0.516. The number of nitrogens with zero attached hydrogens (tertiary/aromatic N) is 1. The minimum absolute atomic E-state index is 0.0404. The van der Waals surface area contributed by atoms with Gasteiger partial charge in [0.1, 0.15) is 0 Å². The Balaban J connectivity index is 1.76. The molecule has 0 fully saturated rings.